The van der Waals surface area contributed by atoms with Crippen LogP contribution in [-0.4, -0.2) is 28.2 Å². The summed E-state index contributed by atoms with van der Waals surface area (Å²) in [7, 11) is 0. The van der Waals surface area contributed by atoms with Crippen LogP contribution in [0, 0.1) is 5.92 Å². The zero-order valence-electron chi connectivity index (χ0n) is 12.5. The second-order valence-electron chi connectivity index (χ2n) is 5.99. The molecule has 0 saturated carbocycles. The molecular weight excluding hydrogens is 272 g/mol. The third-order valence-corrected chi connectivity index (χ3v) is 3.73. The molecule has 2 rings (SSSR count). The van der Waals surface area contributed by atoms with Crippen molar-refractivity contribution in [1.29, 1.82) is 0 Å². The zero-order valence-corrected chi connectivity index (χ0v) is 12.5. The number of carboxylic acids is 1. The fourth-order valence-corrected chi connectivity index (χ4v) is 2.66. The van der Waals surface area contributed by atoms with E-state index in [-0.39, 0.29) is 11.6 Å². The first kappa shape index (κ1) is 15.5. The second-order valence-corrected chi connectivity index (χ2v) is 5.99. The van der Waals surface area contributed by atoms with Crippen molar-refractivity contribution in [3.05, 3.63) is 17.0 Å². The highest BCUT2D eigenvalue weighted by atomic mass is 16.5. The van der Waals surface area contributed by atoms with Gasteiger partial charge in [0.1, 0.15) is 11.8 Å². The highest BCUT2D eigenvalue weighted by Crippen LogP contribution is 2.23. The third-order valence-electron chi connectivity index (χ3n) is 3.73. The Morgan fingerprint density at radius 1 is 1.29 bits per heavy atom. The minimum absolute atomic E-state index is 0.181. The number of hydrogen-bond acceptors (Lipinski definition) is 4. The van der Waals surface area contributed by atoms with Crippen LogP contribution in [0.15, 0.2) is 4.52 Å². The summed E-state index contributed by atoms with van der Waals surface area (Å²) < 4.78 is 5.25. The van der Waals surface area contributed by atoms with Gasteiger partial charge in [-0.2, -0.15) is 0 Å². The Kier molecular flexibility index (Phi) is 4.98. The van der Waals surface area contributed by atoms with Gasteiger partial charge in [0.15, 0.2) is 5.69 Å². The highest BCUT2D eigenvalue weighted by molar-refractivity contribution is 5.96. The maximum Gasteiger partial charge on any atom is 0.326 e. The van der Waals surface area contributed by atoms with Crippen molar-refractivity contribution in [2.45, 2.75) is 58.4 Å². The van der Waals surface area contributed by atoms with Gasteiger partial charge in [-0.15, -0.1) is 0 Å². The molecule has 0 bridgehead atoms. The lowest BCUT2D eigenvalue weighted by atomic mass is 10.0. The van der Waals surface area contributed by atoms with Crippen molar-refractivity contribution in [3.63, 3.8) is 0 Å². The number of carbonyl (C=O) groups excluding carboxylic acids is 1. The van der Waals surface area contributed by atoms with Gasteiger partial charge in [-0.3, -0.25) is 4.79 Å². The summed E-state index contributed by atoms with van der Waals surface area (Å²) in [6.07, 6.45) is 5.10. The number of carbonyl (C=O) groups is 2. The van der Waals surface area contributed by atoms with Gasteiger partial charge in [0.2, 0.25) is 0 Å². The van der Waals surface area contributed by atoms with Gasteiger partial charge in [-0.05, 0) is 31.6 Å². The number of aliphatic carboxylic acids is 1. The number of amides is 1. The van der Waals surface area contributed by atoms with Crippen LogP contribution in [0.4, 0.5) is 0 Å². The zero-order chi connectivity index (χ0) is 15.4. The predicted molar refractivity (Wildman–Crippen MR) is 76.1 cm³/mol. The van der Waals surface area contributed by atoms with E-state index >= 15 is 0 Å². The van der Waals surface area contributed by atoms with Crippen molar-refractivity contribution in [2.24, 2.45) is 5.92 Å². The molecule has 1 amide bonds. The number of aromatic nitrogens is 1. The molecule has 0 aliphatic heterocycles. The summed E-state index contributed by atoms with van der Waals surface area (Å²) >= 11 is 0. The first-order valence-corrected chi connectivity index (χ1v) is 7.50. The molecule has 21 heavy (non-hydrogen) atoms. The van der Waals surface area contributed by atoms with E-state index in [0.717, 1.165) is 43.4 Å². The van der Waals surface area contributed by atoms with Crippen LogP contribution in [0.25, 0.3) is 0 Å². The molecule has 6 heteroatoms. The summed E-state index contributed by atoms with van der Waals surface area (Å²) in [5.41, 5.74) is 1.10. The lowest BCUT2D eigenvalue weighted by Crippen LogP contribution is -2.42. The molecule has 1 heterocycles. The van der Waals surface area contributed by atoms with E-state index in [1.165, 1.54) is 0 Å². The second kappa shape index (κ2) is 6.74. The Morgan fingerprint density at radius 2 is 2.00 bits per heavy atom. The van der Waals surface area contributed by atoms with Crippen LogP contribution in [0.2, 0.25) is 0 Å². The van der Waals surface area contributed by atoms with Gasteiger partial charge in [0.05, 0.1) is 0 Å². The average molecular weight is 294 g/mol. The van der Waals surface area contributed by atoms with Crippen LogP contribution in [-0.2, 0) is 17.6 Å². The monoisotopic (exact) mass is 294 g/mol. The third kappa shape index (κ3) is 3.83. The van der Waals surface area contributed by atoms with Crippen LogP contribution >= 0.6 is 0 Å². The van der Waals surface area contributed by atoms with Gasteiger partial charge in [-0.1, -0.05) is 25.4 Å². The molecular formula is C15H22N2O4. The van der Waals surface area contributed by atoms with E-state index in [1.54, 1.807) is 0 Å². The maximum absolute atomic E-state index is 12.3. The Balaban J connectivity index is 2.12. The molecule has 116 valence electrons. The van der Waals surface area contributed by atoms with Gasteiger partial charge >= 0.3 is 5.97 Å². The molecule has 0 radical (unpaired) electrons. The fourth-order valence-electron chi connectivity index (χ4n) is 2.66. The summed E-state index contributed by atoms with van der Waals surface area (Å²) in [6.45, 7) is 3.84. The number of nitrogens with zero attached hydrogens (tertiary/aromatic N) is 1. The summed E-state index contributed by atoms with van der Waals surface area (Å²) in [5, 5.41) is 15.6. The van der Waals surface area contributed by atoms with E-state index in [2.05, 4.69) is 10.5 Å². The molecule has 1 atom stereocenters. The SMILES string of the molecule is CC(C)C[C@@H](NC(=O)c1noc2c1CCCCC2)C(=O)O. The molecule has 1 aliphatic rings. The average Bonchev–Trinajstić information content (AvgIpc) is 2.66. The minimum atomic E-state index is -1.02. The lowest BCUT2D eigenvalue weighted by molar-refractivity contribution is -0.139. The van der Waals surface area contributed by atoms with E-state index in [0.29, 0.717) is 6.42 Å². The van der Waals surface area contributed by atoms with Crippen molar-refractivity contribution >= 4 is 11.9 Å². The van der Waals surface area contributed by atoms with Crippen LogP contribution < -0.4 is 5.32 Å². The molecule has 2 N–H and O–H groups in total. The minimum Gasteiger partial charge on any atom is -0.480 e. The Bertz CT molecular complexity index is 522. The fraction of sp³-hybridized carbons (Fsp3) is 0.667. The van der Waals surface area contributed by atoms with Crippen molar-refractivity contribution in [3.8, 4) is 0 Å². The number of fused-ring (bicyclic) bond motifs is 1. The van der Waals surface area contributed by atoms with Gasteiger partial charge in [0, 0.05) is 12.0 Å². The van der Waals surface area contributed by atoms with E-state index in [4.69, 9.17) is 4.52 Å². The lowest BCUT2D eigenvalue weighted by Gasteiger charge is -2.15. The summed E-state index contributed by atoms with van der Waals surface area (Å²) in [4.78, 5) is 23.5. The van der Waals surface area contributed by atoms with Crippen LogP contribution in [0.1, 0.15) is 61.3 Å². The van der Waals surface area contributed by atoms with Crippen molar-refractivity contribution in [1.82, 2.24) is 10.5 Å². The molecule has 0 aromatic carbocycles. The van der Waals surface area contributed by atoms with Crippen LogP contribution in [0.5, 0.6) is 0 Å². The van der Waals surface area contributed by atoms with Crippen molar-refractivity contribution in [2.75, 3.05) is 0 Å². The number of carboxylic acid groups (broad SMARTS) is 1. The predicted octanol–water partition coefficient (Wildman–Crippen LogP) is 2.17. The largest absolute Gasteiger partial charge is 0.480 e. The first-order chi connectivity index (χ1) is 9.99. The van der Waals surface area contributed by atoms with Gasteiger partial charge in [0.25, 0.3) is 5.91 Å². The topological polar surface area (TPSA) is 92.4 Å². The smallest absolute Gasteiger partial charge is 0.326 e. The number of nitrogens with one attached hydrogen (secondary N) is 1. The number of rotatable bonds is 5. The van der Waals surface area contributed by atoms with E-state index in [9.17, 15) is 14.7 Å². The van der Waals surface area contributed by atoms with E-state index < -0.39 is 17.9 Å². The van der Waals surface area contributed by atoms with Crippen LogP contribution in [0.3, 0.4) is 0 Å². The number of hydrogen-bond donors (Lipinski definition) is 2. The quantitative estimate of drug-likeness (QED) is 0.812. The van der Waals surface area contributed by atoms with Gasteiger partial charge < -0.3 is 14.9 Å². The Morgan fingerprint density at radius 3 is 2.67 bits per heavy atom. The molecule has 1 aromatic heterocycles. The molecule has 0 fully saturated rings. The maximum atomic E-state index is 12.3. The molecule has 0 unspecified atom stereocenters. The van der Waals surface area contributed by atoms with E-state index in [1.807, 2.05) is 13.8 Å². The first-order valence-electron chi connectivity index (χ1n) is 7.50. The molecule has 0 saturated heterocycles. The molecule has 0 spiro atoms. The summed E-state index contributed by atoms with van der Waals surface area (Å²) in [6, 6.07) is -0.893. The highest BCUT2D eigenvalue weighted by Gasteiger charge is 2.27. The van der Waals surface area contributed by atoms with Crippen molar-refractivity contribution < 1.29 is 19.2 Å². The Labute approximate surface area is 123 Å². The molecule has 1 aliphatic carbocycles. The van der Waals surface area contributed by atoms with Gasteiger partial charge in [-0.25, -0.2) is 4.79 Å². The summed E-state index contributed by atoms with van der Waals surface area (Å²) in [5.74, 6) is -0.518. The Hall–Kier alpha value is -1.85. The molecule has 6 nitrogen and oxygen atoms in total. The molecule has 1 aromatic rings. The standard InChI is InChI=1S/C15H22N2O4/c1-9(2)8-11(15(19)20)16-14(18)13-10-6-4-3-5-7-12(10)21-17-13/h9,11H,3-8H2,1-2H3,(H,16,18)(H,19,20)/t11-/m1/s1. The number of aryl methyl sites for hydroxylation is 1. The normalized spacial score (nSPS) is 16.1.